The Bertz CT molecular complexity index is 586. The van der Waals surface area contributed by atoms with E-state index < -0.39 is 0 Å². The molecule has 106 valence electrons. The van der Waals surface area contributed by atoms with Crippen molar-refractivity contribution in [1.82, 2.24) is 20.2 Å². The van der Waals surface area contributed by atoms with Crippen molar-refractivity contribution in [1.29, 1.82) is 0 Å². The van der Waals surface area contributed by atoms with Gasteiger partial charge in [0.1, 0.15) is 6.33 Å². The fourth-order valence-corrected chi connectivity index (χ4v) is 2.35. The number of carbonyl (C=O) groups excluding carboxylic acids is 1. The van der Waals surface area contributed by atoms with E-state index in [1.165, 1.54) is 22.8 Å². The molecule has 1 aromatic carbocycles. The van der Waals surface area contributed by atoms with Gasteiger partial charge in [0.2, 0.25) is 11.1 Å². The van der Waals surface area contributed by atoms with Crippen LogP contribution in [0, 0.1) is 0 Å². The molecule has 2 aromatic rings. The minimum absolute atomic E-state index is 0.0869. The fourth-order valence-electron chi connectivity index (χ4n) is 1.58. The van der Waals surface area contributed by atoms with Crippen LogP contribution in [0.3, 0.4) is 0 Å². The van der Waals surface area contributed by atoms with Gasteiger partial charge in [0, 0.05) is 5.02 Å². The molecule has 6 nitrogen and oxygen atoms in total. The second-order valence-corrected chi connectivity index (χ2v) is 5.53. The monoisotopic (exact) mass is 311 g/mol. The lowest BCUT2D eigenvalue weighted by atomic mass is 10.1. The van der Waals surface area contributed by atoms with Crippen molar-refractivity contribution in [3.05, 3.63) is 41.2 Å². The van der Waals surface area contributed by atoms with E-state index in [2.05, 4.69) is 15.5 Å². The van der Waals surface area contributed by atoms with Gasteiger partial charge >= 0.3 is 0 Å². The molecule has 0 aliphatic heterocycles. The first-order chi connectivity index (χ1) is 9.56. The van der Waals surface area contributed by atoms with Crippen LogP contribution in [0.4, 0.5) is 0 Å². The van der Waals surface area contributed by atoms with Crippen molar-refractivity contribution in [2.24, 2.45) is 0 Å². The molecular weight excluding hydrogens is 298 g/mol. The van der Waals surface area contributed by atoms with Gasteiger partial charge in [-0.2, -0.15) is 0 Å². The second kappa shape index (κ2) is 6.62. The molecule has 2 rings (SSSR count). The zero-order chi connectivity index (χ0) is 14.5. The molecule has 0 unspecified atom stereocenters. The Balaban J connectivity index is 1.85. The van der Waals surface area contributed by atoms with Crippen LogP contribution in [0.2, 0.25) is 5.02 Å². The molecular formula is C12H14ClN5OS. The number of hydrogen-bond donors (Lipinski definition) is 2. The van der Waals surface area contributed by atoms with Crippen LogP contribution in [-0.4, -0.2) is 26.5 Å². The standard InChI is InChI=1S/C12H14ClN5OS/c1-8(9-2-4-10(13)5-3-9)16-11(19)6-20-12-17-15-7-18(12)14/h2-5,7-8H,6,14H2,1H3,(H,16,19)/t8-/m0/s1. The van der Waals surface area contributed by atoms with Gasteiger partial charge in [-0.25, -0.2) is 4.68 Å². The van der Waals surface area contributed by atoms with Gasteiger partial charge in [-0.05, 0) is 24.6 Å². The maximum Gasteiger partial charge on any atom is 0.230 e. The highest BCUT2D eigenvalue weighted by atomic mass is 35.5. The molecule has 1 aromatic heterocycles. The highest BCUT2D eigenvalue weighted by Gasteiger charge is 2.11. The minimum atomic E-state index is -0.0968. The molecule has 0 bridgehead atoms. The second-order valence-electron chi connectivity index (χ2n) is 4.15. The molecule has 20 heavy (non-hydrogen) atoms. The summed E-state index contributed by atoms with van der Waals surface area (Å²) in [6, 6.07) is 7.28. The first-order valence-electron chi connectivity index (χ1n) is 5.89. The summed E-state index contributed by atoms with van der Waals surface area (Å²) in [7, 11) is 0. The van der Waals surface area contributed by atoms with Crippen molar-refractivity contribution in [3.8, 4) is 0 Å². The quantitative estimate of drug-likeness (QED) is 0.647. The summed E-state index contributed by atoms with van der Waals surface area (Å²) in [4.78, 5) is 11.8. The maximum absolute atomic E-state index is 11.8. The Morgan fingerprint density at radius 3 is 2.80 bits per heavy atom. The molecule has 0 spiro atoms. The Morgan fingerprint density at radius 1 is 1.50 bits per heavy atom. The smallest absolute Gasteiger partial charge is 0.230 e. The van der Waals surface area contributed by atoms with Crippen LogP contribution < -0.4 is 11.2 Å². The molecule has 0 aliphatic carbocycles. The van der Waals surface area contributed by atoms with Crippen LogP contribution in [0.1, 0.15) is 18.5 Å². The van der Waals surface area contributed by atoms with Gasteiger partial charge in [-0.15, -0.1) is 10.2 Å². The van der Waals surface area contributed by atoms with E-state index in [-0.39, 0.29) is 17.7 Å². The molecule has 1 atom stereocenters. The van der Waals surface area contributed by atoms with Crippen molar-refractivity contribution in [2.75, 3.05) is 11.6 Å². The number of benzene rings is 1. The lowest BCUT2D eigenvalue weighted by Gasteiger charge is -2.14. The third-order valence-electron chi connectivity index (χ3n) is 2.62. The third-order valence-corrected chi connectivity index (χ3v) is 3.83. The van der Waals surface area contributed by atoms with Crippen LogP contribution in [0.5, 0.6) is 0 Å². The zero-order valence-corrected chi connectivity index (χ0v) is 12.4. The number of rotatable bonds is 5. The van der Waals surface area contributed by atoms with Crippen molar-refractivity contribution >= 4 is 29.3 Å². The van der Waals surface area contributed by atoms with E-state index in [9.17, 15) is 4.79 Å². The predicted octanol–water partition coefficient (Wildman–Crippen LogP) is 1.61. The molecule has 0 radical (unpaired) electrons. The Kier molecular flexibility index (Phi) is 4.86. The van der Waals surface area contributed by atoms with Gasteiger partial charge in [0.05, 0.1) is 11.8 Å². The Labute approximate surface area is 125 Å². The number of amides is 1. The van der Waals surface area contributed by atoms with Crippen LogP contribution in [-0.2, 0) is 4.79 Å². The summed E-state index contributed by atoms with van der Waals surface area (Å²) in [5.41, 5.74) is 0.995. The van der Waals surface area contributed by atoms with E-state index >= 15 is 0 Å². The highest BCUT2D eigenvalue weighted by molar-refractivity contribution is 7.99. The van der Waals surface area contributed by atoms with Gasteiger partial charge in [0.25, 0.3) is 0 Å². The largest absolute Gasteiger partial charge is 0.349 e. The van der Waals surface area contributed by atoms with E-state index in [0.29, 0.717) is 10.2 Å². The van der Waals surface area contributed by atoms with E-state index in [0.717, 1.165) is 5.56 Å². The fraction of sp³-hybridized carbons (Fsp3) is 0.250. The number of aromatic nitrogens is 3. The number of halogens is 1. The van der Waals surface area contributed by atoms with Crippen LogP contribution in [0.15, 0.2) is 35.7 Å². The molecule has 0 fully saturated rings. The summed E-state index contributed by atoms with van der Waals surface area (Å²) in [5.74, 6) is 5.69. The molecule has 0 aliphatic rings. The molecule has 0 saturated carbocycles. The van der Waals surface area contributed by atoms with Crippen molar-refractivity contribution in [2.45, 2.75) is 18.1 Å². The lowest BCUT2D eigenvalue weighted by Crippen LogP contribution is -2.28. The summed E-state index contributed by atoms with van der Waals surface area (Å²) in [6.45, 7) is 1.91. The molecule has 8 heteroatoms. The number of hydrogen-bond acceptors (Lipinski definition) is 5. The van der Waals surface area contributed by atoms with E-state index in [1.54, 1.807) is 12.1 Å². The Morgan fingerprint density at radius 2 is 2.20 bits per heavy atom. The van der Waals surface area contributed by atoms with Gasteiger partial charge in [-0.1, -0.05) is 35.5 Å². The normalized spacial score (nSPS) is 12.1. The minimum Gasteiger partial charge on any atom is -0.349 e. The predicted molar refractivity (Wildman–Crippen MR) is 78.9 cm³/mol. The van der Waals surface area contributed by atoms with E-state index in [4.69, 9.17) is 17.4 Å². The summed E-state index contributed by atoms with van der Waals surface area (Å²) >= 11 is 7.06. The average molecular weight is 312 g/mol. The number of nitrogens with zero attached hydrogens (tertiary/aromatic N) is 3. The zero-order valence-electron chi connectivity index (χ0n) is 10.8. The lowest BCUT2D eigenvalue weighted by molar-refractivity contribution is -0.119. The Hall–Kier alpha value is -1.73. The van der Waals surface area contributed by atoms with Crippen LogP contribution in [0.25, 0.3) is 0 Å². The first-order valence-corrected chi connectivity index (χ1v) is 7.25. The van der Waals surface area contributed by atoms with Gasteiger partial charge < -0.3 is 11.2 Å². The van der Waals surface area contributed by atoms with Gasteiger partial charge in [0.15, 0.2) is 0 Å². The topological polar surface area (TPSA) is 85.8 Å². The number of nitrogens with two attached hydrogens (primary N) is 1. The number of nitrogen functional groups attached to an aromatic ring is 1. The SMILES string of the molecule is C[C@H](NC(=O)CSc1nncn1N)c1ccc(Cl)cc1. The molecule has 3 N–H and O–H groups in total. The number of carbonyl (C=O) groups is 1. The number of nitrogens with one attached hydrogen (secondary N) is 1. The average Bonchev–Trinajstić information content (AvgIpc) is 2.82. The highest BCUT2D eigenvalue weighted by Crippen LogP contribution is 2.17. The molecule has 1 heterocycles. The third kappa shape index (κ3) is 3.88. The summed E-state index contributed by atoms with van der Waals surface area (Å²) in [5, 5.41) is 11.5. The summed E-state index contributed by atoms with van der Waals surface area (Å²) in [6.07, 6.45) is 1.39. The summed E-state index contributed by atoms with van der Waals surface area (Å²) < 4.78 is 1.28. The first kappa shape index (κ1) is 14.7. The van der Waals surface area contributed by atoms with Gasteiger partial charge in [-0.3, -0.25) is 4.79 Å². The van der Waals surface area contributed by atoms with Crippen molar-refractivity contribution in [3.63, 3.8) is 0 Å². The van der Waals surface area contributed by atoms with Crippen LogP contribution >= 0.6 is 23.4 Å². The maximum atomic E-state index is 11.8. The van der Waals surface area contributed by atoms with E-state index in [1.807, 2.05) is 19.1 Å². The molecule has 0 saturated heterocycles. The molecule has 1 amide bonds. The number of thioether (sulfide) groups is 1. The van der Waals surface area contributed by atoms with Crippen molar-refractivity contribution < 1.29 is 4.79 Å².